The molecule has 7 heteroatoms. The molecule has 0 spiro atoms. The average Bonchev–Trinajstić information content (AvgIpc) is 3.18. The standard InChI is InChI=1S/C30H39F2NO4/c1-29-11-9-21-27(25(35)13-17-12-18(34)8-10-30(17,21)2)20(29)7-6-16(29)4-3-5-26-33-24-15-23(32)22(31)14-19(24)28(36)37-26/h14-18,20-21,25,27,34-35H,3-13H2,1-2H3/t16-,17?,18+,20?,21?,25?,27?,29?,30?/m0/s1. The molecule has 5 nitrogen and oxygen atoms in total. The van der Waals surface area contributed by atoms with Crippen molar-refractivity contribution in [2.75, 3.05) is 0 Å². The third-order valence-corrected chi connectivity index (χ3v) is 11.5. The lowest BCUT2D eigenvalue weighted by molar-refractivity contribution is -0.172. The van der Waals surface area contributed by atoms with E-state index in [1.165, 1.54) is 6.42 Å². The van der Waals surface area contributed by atoms with Gasteiger partial charge in [-0.05, 0) is 111 Å². The second-order valence-electron chi connectivity index (χ2n) is 13.1. The summed E-state index contributed by atoms with van der Waals surface area (Å²) in [6.07, 6.45) is 10.0. The lowest BCUT2D eigenvalue weighted by Gasteiger charge is -2.62. The molecule has 9 atom stereocenters. The van der Waals surface area contributed by atoms with Gasteiger partial charge in [0.05, 0.1) is 23.1 Å². The molecule has 1 aromatic carbocycles. The predicted molar refractivity (Wildman–Crippen MR) is 136 cm³/mol. The summed E-state index contributed by atoms with van der Waals surface area (Å²) in [5, 5.41) is 21.6. The SMILES string of the molecule is CC12CC[C@@H](O)CC1CC(O)C1C2CCC2(C)C1CC[C@@H]2CCCc1nc2cc(F)c(F)cc2c(=O)o1. The number of aliphatic hydroxyl groups excluding tert-OH is 2. The van der Waals surface area contributed by atoms with E-state index in [1.54, 1.807) is 0 Å². The highest BCUT2D eigenvalue weighted by atomic mass is 19.2. The Kier molecular flexibility index (Phi) is 6.26. The van der Waals surface area contributed by atoms with Crippen molar-refractivity contribution in [1.29, 1.82) is 0 Å². The van der Waals surface area contributed by atoms with Crippen LogP contribution < -0.4 is 5.63 Å². The van der Waals surface area contributed by atoms with E-state index in [0.29, 0.717) is 36.0 Å². The number of rotatable bonds is 4. The van der Waals surface area contributed by atoms with Gasteiger partial charge in [0.2, 0.25) is 0 Å². The highest BCUT2D eigenvalue weighted by Crippen LogP contribution is 2.67. The molecule has 0 radical (unpaired) electrons. The maximum Gasteiger partial charge on any atom is 0.346 e. The Morgan fingerprint density at radius 3 is 2.54 bits per heavy atom. The fraction of sp³-hybridized carbons (Fsp3) is 0.733. The smallest absolute Gasteiger partial charge is 0.346 e. The van der Waals surface area contributed by atoms with Gasteiger partial charge < -0.3 is 14.6 Å². The number of aryl methyl sites for hydroxylation is 1. The van der Waals surface area contributed by atoms with E-state index in [1.807, 2.05) is 0 Å². The van der Waals surface area contributed by atoms with Crippen molar-refractivity contribution in [1.82, 2.24) is 4.98 Å². The van der Waals surface area contributed by atoms with Gasteiger partial charge in [-0.1, -0.05) is 13.8 Å². The van der Waals surface area contributed by atoms with E-state index in [0.717, 1.165) is 69.9 Å². The first-order valence-electron chi connectivity index (χ1n) is 14.2. The number of nitrogens with zero attached hydrogens (tertiary/aromatic N) is 1. The van der Waals surface area contributed by atoms with Crippen LogP contribution >= 0.6 is 0 Å². The summed E-state index contributed by atoms with van der Waals surface area (Å²) in [6, 6.07) is 1.81. The van der Waals surface area contributed by atoms with Gasteiger partial charge in [0, 0.05) is 12.5 Å². The molecule has 2 N–H and O–H groups in total. The number of benzene rings is 1. The molecular formula is C30H39F2NO4. The third-order valence-electron chi connectivity index (χ3n) is 11.5. The van der Waals surface area contributed by atoms with Crippen LogP contribution in [0.2, 0.25) is 0 Å². The van der Waals surface area contributed by atoms with Gasteiger partial charge in [-0.15, -0.1) is 0 Å². The molecule has 0 aliphatic heterocycles. The molecule has 1 aromatic heterocycles. The zero-order chi connectivity index (χ0) is 26.1. The Hall–Kier alpha value is -1.86. The average molecular weight is 516 g/mol. The first-order valence-corrected chi connectivity index (χ1v) is 14.2. The minimum Gasteiger partial charge on any atom is -0.408 e. The van der Waals surface area contributed by atoms with Crippen molar-refractivity contribution >= 4 is 10.9 Å². The van der Waals surface area contributed by atoms with Gasteiger partial charge in [0.1, 0.15) is 0 Å². The maximum atomic E-state index is 13.7. The highest BCUT2D eigenvalue weighted by molar-refractivity contribution is 5.77. The third kappa shape index (κ3) is 4.07. The fourth-order valence-corrected chi connectivity index (χ4v) is 9.50. The monoisotopic (exact) mass is 515 g/mol. The summed E-state index contributed by atoms with van der Waals surface area (Å²) in [5.74, 6) is 0.528. The molecular weight excluding hydrogens is 476 g/mol. The summed E-state index contributed by atoms with van der Waals surface area (Å²) in [6.45, 7) is 4.87. The molecule has 2 aromatic rings. The molecule has 0 saturated heterocycles. The normalized spacial score (nSPS) is 41.3. The van der Waals surface area contributed by atoms with Gasteiger partial charge in [0.25, 0.3) is 0 Å². The van der Waals surface area contributed by atoms with Gasteiger partial charge in [0.15, 0.2) is 17.5 Å². The predicted octanol–water partition coefficient (Wildman–Crippen LogP) is 5.78. The largest absolute Gasteiger partial charge is 0.408 e. The molecule has 1 heterocycles. The Balaban J connectivity index is 1.15. The first kappa shape index (κ1) is 25.4. The fourth-order valence-electron chi connectivity index (χ4n) is 9.50. The van der Waals surface area contributed by atoms with Crippen LogP contribution in [0.5, 0.6) is 0 Å². The number of aliphatic hydroxyl groups is 2. The maximum absolute atomic E-state index is 13.7. The molecule has 7 unspecified atom stereocenters. The quantitative estimate of drug-likeness (QED) is 0.539. The van der Waals surface area contributed by atoms with E-state index in [9.17, 15) is 23.8 Å². The summed E-state index contributed by atoms with van der Waals surface area (Å²) in [5.41, 5.74) is -0.134. The molecule has 4 fully saturated rings. The van der Waals surface area contributed by atoms with Crippen LogP contribution in [0, 0.1) is 52.1 Å². The zero-order valence-electron chi connectivity index (χ0n) is 21.9. The minimum atomic E-state index is -1.08. The summed E-state index contributed by atoms with van der Waals surface area (Å²) in [7, 11) is 0. The Labute approximate surface area is 216 Å². The van der Waals surface area contributed by atoms with Crippen molar-refractivity contribution in [3.05, 3.63) is 40.1 Å². The molecule has 4 saturated carbocycles. The Morgan fingerprint density at radius 1 is 1.00 bits per heavy atom. The van der Waals surface area contributed by atoms with Crippen LogP contribution in [-0.2, 0) is 6.42 Å². The van der Waals surface area contributed by atoms with E-state index in [-0.39, 0.29) is 39.8 Å². The minimum absolute atomic E-state index is 0.0417. The van der Waals surface area contributed by atoms with Gasteiger partial charge in [-0.2, -0.15) is 0 Å². The lowest BCUT2D eigenvalue weighted by Crippen LogP contribution is -2.58. The highest BCUT2D eigenvalue weighted by Gasteiger charge is 2.62. The van der Waals surface area contributed by atoms with Crippen LogP contribution in [0.1, 0.15) is 83.9 Å². The van der Waals surface area contributed by atoms with Crippen molar-refractivity contribution in [2.45, 2.75) is 96.7 Å². The first-order chi connectivity index (χ1) is 17.6. The van der Waals surface area contributed by atoms with Crippen molar-refractivity contribution in [3.63, 3.8) is 0 Å². The number of hydrogen-bond donors (Lipinski definition) is 2. The summed E-state index contributed by atoms with van der Waals surface area (Å²) >= 11 is 0. The topological polar surface area (TPSA) is 83.6 Å². The van der Waals surface area contributed by atoms with Crippen molar-refractivity contribution in [3.8, 4) is 0 Å². The number of aromatic nitrogens is 1. The van der Waals surface area contributed by atoms with Gasteiger partial charge in [-0.25, -0.2) is 18.6 Å². The molecule has 4 aliphatic carbocycles. The number of halogens is 2. The van der Waals surface area contributed by atoms with E-state index < -0.39 is 17.3 Å². The van der Waals surface area contributed by atoms with Crippen LogP contribution in [-0.4, -0.2) is 27.4 Å². The molecule has 4 aliphatic rings. The molecule has 0 amide bonds. The molecule has 6 rings (SSSR count). The Morgan fingerprint density at radius 2 is 1.73 bits per heavy atom. The molecule has 37 heavy (non-hydrogen) atoms. The van der Waals surface area contributed by atoms with E-state index in [2.05, 4.69) is 18.8 Å². The van der Waals surface area contributed by atoms with Crippen molar-refractivity contribution < 1.29 is 23.4 Å². The zero-order valence-corrected chi connectivity index (χ0v) is 21.9. The second kappa shape index (κ2) is 9.11. The van der Waals surface area contributed by atoms with Gasteiger partial charge in [-0.3, -0.25) is 0 Å². The van der Waals surface area contributed by atoms with Gasteiger partial charge >= 0.3 is 5.63 Å². The molecule has 0 bridgehead atoms. The molecule has 202 valence electrons. The Bertz CT molecular complexity index is 1250. The van der Waals surface area contributed by atoms with Crippen LogP contribution in [0.3, 0.4) is 0 Å². The van der Waals surface area contributed by atoms with Crippen LogP contribution in [0.15, 0.2) is 21.3 Å². The second-order valence-corrected chi connectivity index (χ2v) is 13.1. The van der Waals surface area contributed by atoms with Crippen molar-refractivity contribution in [2.24, 2.45) is 40.4 Å². The van der Waals surface area contributed by atoms with E-state index in [4.69, 9.17) is 4.42 Å². The summed E-state index contributed by atoms with van der Waals surface area (Å²) < 4.78 is 32.5. The lowest BCUT2D eigenvalue weighted by atomic mass is 9.44. The summed E-state index contributed by atoms with van der Waals surface area (Å²) in [4.78, 5) is 16.6. The number of hydrogen-bond acceptors (Lipinski definition) is 5. The van der Waals surface area contributed by atoms with E-state index >= 15 is 0 Å². The number of fused-ring (bicyclic) bond motifs is 6. The van der Waals surface area contributed by atoms with Crippen LogP contribution in [0.25, 0.3) is 10.9 Å². The van der Waals surface area contributed by atoms with Crippen LogP contribution in [0.4, 0.5) is 8.78 Å².